The molecule has 0 amide bonds. The Kier molecular flexibility index (Phi) is 4.91. The van der Waals surface area contributed by atoms with Crippen molar-refractivity contribution in [1.29, 1.82) is 0 Å². The molecule has 1 aromatic carbocycles. The van der Waals surface area contributed by atoms with E-state index in [1.807, 2.05) is 12.1 Å². The largest absolute Gasteiger partial charge is 0.376 e. The quantitative estimate of drug-likeness (QED) is 0.908. The highest BCUT2D eigenvalue weighted by Gasteiger charge is 2.26. The zero-order valence-electron chi connectivity index (χ0n) is 11.7. The van der Waals surface area contributed by atoms with Crippen LogP contribution >= 0.6 is 0 Å². The number of hydrogen-bond donors (Lipinski definition) is 1. The molecule has 1 heterocycles. The van der Waals surface area contributed by atoms with Gasteiger partial charge in [-0.2, -0.15) is 0 Å². The average Bonchev–Trinajstić information content (AvgIpc) is 2.41. The highest BCUT2D eigenvalue weighted by Crippen LogP contribution is 2.19. The lowest BCUT2D eigenvalue weighted by Crippen LogP contribution is -2.48. The fourth-order valence-corrected chi connectivity index (χ4v) is 2.55. The first-order valence-corrected chi connectivity index (χ1v) is 6.97. The normalized spacial score (nSPS) is 24.6. The smallest absolute Gasteiger partial charge is 0.128 e. The molecule has 3 nitrogen and oxygen atoms in total. The van der Waals surface area contributed by atoms with Crippen LogP contribution in [0.15, 0.2) is 18.2 Å². The second-order valence-corrected chi connectivity index (χ2v) is 5.27. The summed E-state index contributed by atoms with van der Waals surface area (Å²) in [6.07, 6.45) is 1.24. The van der Waals surface area contributed by atoms with Crippen molar-refractivity contribution in [3.8, 4) is 0 Å². The van der Waals surface area contributed by atoms with Gasteiger partial charge in [0, 0.05) is 31.2 Å². The maximum atomic E-state index is 14.0. The van der Waals surface area contributed by atoms with Crippen molar-refractivity contribution in [3.05, 3.63) is 35.1 Å². The van der Waals surface area contributed by atoms with E-state index >= 15 is 0 Å². The Morgan fingerprint density at radius 3 is 2.89 bits per heavy atom. The van der Waals surface area contributed by atoms with Crippen molar-refractivity contribution in [2.75, 3.05) is 13.2 Å². The van der Waals surface area contributed by atoms with Crippen LogP contribution in [0, 0.1) is 5.82 Å². The Bertz CT molecular complexity index is 425. The summed E-state index contributed by atoms with van der Waals surface area (Å²) in [5.41, 5.74) is 7.10. The van der Waals surface area contributed by atoms with Crippen molar-refractivity contribution >= 4 is 0 Å². The number of hydrogen-bond acceptors (Lipinski definition) is 3. The minimum atomic E-state index is -0.156. The third-order valence-electron chi connectivity index (χ3n) is 3.78. The molecule has 0 aliphatic carbocycles. The number of nitrogens with two attached hydrogens (primary N) is 1. The molecule has 2 unspecified atom stereocenters. The van der Waals surface area contributed by atoms with Crippen molar-refractivity contribution in [1.82, 2.24) is 4.90 Å². The summed E-state index contributed by atoms with van der Waals surface area (Å²) in [7, 11) is 0. The molecule has 0 radical (unpaired) electrons. The second-order valence-electron chi connectivity index (χ2n) is 5.27. The van der Waals surface area contributed by atoms with Crippen molar-refractivity contribution in [3.63, 3.8) is 0 Å². The molecule has 2 atom stereocenters. The number of benzene rings is 1. The van der Waals surface area contributed by atoms with E-state index in [1.54, 1.807) is 6.07 Å². The minimum absolute atomic E-state index is 0.156. The molecule has 106 valence electrons. The monoisotopic (exact) mass is 266 g/mol. The van der Waals surface area contributed by atoms with Gasteiger partial charge in [0.05, 0.1) is 12.7 Å². The highest BCUT2D eigenvalue weighted by molar-refractivity contribution is 5.24. The molecule has 1 fully saturated rings. The van der Waals surface area contributed by atoms with Crippen LogP contribution in [0.5, 0.6) is 0 Å². The van der Waals surface area contributed by atoms with Gasteiger partial charge in [0.15, 0.2) is 0 Å². The summed E-state index contributed by atoms with van der Waals surface area (Å²) >= 11 is 0. The molecule has 2 rings (SSSR count). The lowest BCUT2D eigenvalue weighted by molar-refractivity contribution is -0.0595. The van der Waals surface area contributed by atoms with Crippen LogP contribution in [0.4, 0.5) is 4.39 Å². The molecule has 1 saturated heterocycles. The first-order chi connectivity index (χ1) is 9.13. The molecular weight excluding hydrogens is 243 g/mol. The van der Waals surface area contributed by atoms with E-state index in [1.165, 1.54) is 0 Å². The van der Waals surface area contributed by atoms with Gasteiger partial charge in [-0.25, -0.2) is 4.39 Å². The van der Waals surface area contributed by atoms with Crippen molar-refractivity contribution in [2.45, 2.75) is 45.5 Å². The van der Waals surface area contributed by atoms with E-state index in [9.17, 15) is 4.39 Å². The van der Waals surface area contributed by atoms with Gasteiger partial charge in [0.2, 0.25) is 0 Å². The first-order valence-electron chi connectivity index (χ1n) is 6.97. The maximum Gasteiger partial charge on any atom is 0.128 e. The maximum absolute atomic E-state index is 14.0. The van der Waals surface area contributed by atoms with Crippen LogP contribution in [0.25, 0.3) is 0 Å². The standard InChI is InChI=1S/C15H23FN2O/c1-3-14-10-19-11(2)8-18(14)9-13-5-4-12(7-17)6-15(13)16/h4-6,11,14H,3,7-10,17H2,1-2H3. The van der Waals surface area contributed by atoms with Crippen LogP contribution < -0.4 is 5.73 Å². The Labute approximate surface area is 114 Å². The topological polar surface area (TPSA) is 38.5 Å². The predicted octanol–water partition coefficient (Wildman–Crippen LogP) is 2.28. The molecule has 0 saturated carbocycles. The van der Waals surface area contributed by atoms with Crippen LogP contribution in [0.2, 0.25) is 0 Å². The van der Waals surface area contributed by atoms with Gasteiger partial charge < -0.3 is 10.5 Å². The van der Waals surface area contributed by atoms with E-state index < -0.39 is 0 Å². The zero-order chi connectivity index (χ0) is 13.8. The number of morpholine rings is 1. The zero-order valence-corrected chi connectivity index (χ0v) is 11.7. The molecule has 19 heavy (non-hydrogen) atoms. The number of ether oxygens (including phenoxy) is 1. The van der Waals surface area contributed by atoms with Crippen LogP contribution in [0.1, 0.15) is 31.4 Å². The van der Waals surface area contributed by atoms with Crippen molar-refractivity contribution in [2.24, 2.45) is 5.73 Å². The minimum Gasteiger partial charge on any atom is -0.376 e. The summed E-state index contributed by atoms with van der Waals surface area (Å²) in [6, 6.07) is 5.68. The lowest BCUT2D eigenvalue weighted by Gasteiger charge is -2.38. The molecular formula is C15H23FN2O. The Morgan fingerprint density at radius 2 is 2.26 bits per heavy atom. The summed E-state index contributed by atoms with van der Waals surface area (Å²) in [5.74, 6) is -0.156. The number of nitrogens with zero attached hydrogens (tertiary/aromatic N) is 1. The SMILES string of the molecule is CCC1COC(C)CN1Cc1ccc(CN)cc1F. The fraction of sp³-hybridized carbons (Fsp3) is 0.600. The summed E-state index contributed by atoms with van der Waals surface area (Å²) in [4.78, 5) is 2.31. The third-order valence-corrected chi connectivity index (χ3v) is 3.78. The molecule has 0 spiro atoms. The van der Waals surface area contributed by atoms with Gasteiger partial charge in [0.25, 0.3) is 0 Å². The molecule has 1 aromatic rings. The highest BCUT2D eigenvalue weighted by atomic mass is 19.1. The molecule has 4 heteroatoms. The average molecular weight is 266 g/mol. The Hall–Kier alpha value is -0.970. The van der Waals surface area contributed by atoms with Crippen LogP contribution in [0.3, 0.4) is 0 Å². The lowest BCUT2D eigenvalue weighted by atomic mass is 10.1. The van der Waals surface area contributed by atoms with Crippen LogP contribution in [-0.2, 0) is 17.8 Å². The fourth-order valence-electron chi connectivity index (χ4n) is 2.55. The Morgan fingerprint density at radius 1 is 1.47 bits per heavy atom. The van der Waals surface area contributed by atoms with E-state index in [0.717, 1.165) is 30.7 Å². The molecule has 0 bridgehead atoms. The Balaban J connectivity index is 2.10. The van der Waals surface area contributed by atoms with Gasteiger partial charge in [0.1, 0.15) is 5.82 Å². The molecule has 2 N–H and O–H groups in total. The molecule has 1 aliphatic rings. The van der Waals surface area contributed by atoms with E-state index in [-0.39, 0.29) is 11.9 Å². The summed E-state index contributed by atoms with van der Waals surface area (Å²) < 4.78 is 19.7. The number of halogens is 1. The molecule has 1 aliphatic heterocycles. The predicted molar refractivity (Wildman–Crippen MR) is 74.2 cm³/mol. The first kappa shape index (κ1) is 14.4. The van der Waals surface area contributed by atoms with E-state index in [2.05, 4.69) is 18.7 Å². The second kappa shape index (κ2) is 6.46. The molecule has 0 aromatic heterocycles. The van der Waals surface area contributed by atoms with E-state index in [4.69, 9.17) is 10.5 Å². The van der Waals surface area contributed by atoms with Gasteiger partial charge >= 0.3 is 0 Å². The van der Waals surface area contributed by atoms with Gasteiger partial charge in [-0.15, -0.1) is 0 Å². The summed E-state index contributed by atoms with van der Waals surface area (Å²) in [5, 5.41) is 0. The van der Waals surface area contributed by atoms with Gasteiger partial charge in [-0.05, 0) is 25.0 Å². The van der Waals surface area contributed by atoms with Crippen LogP contribution in [-0.4, -0.2) is 30.2 Å². The van der Waals surface area contributed by atoms with Gasteiger partial charge in [-0.1, -0.05) is 19.1 Å². The van der Waals surface area contributed by atoms with Crippen molar-refractivity contribution < 1.29 is 9.13 Å². The number of rotatable bonds is 4. The van der Waals surface area contributed by atoms with E-state index in [0.29, 0.717) is 19.1 Å². The third kappa shape index (κ3) is 3.53. The summed E-state index contributed by atoms with van der Waals surface area (Å²) in [6.45, 7) is 6.82. The van der Waals surface area contributed by atoms with Gasteiger partial charge in [-0.3, -0.25) is 4.90 Å².